The van der Waals surface area contributed by atoms with Crippen molar-refractivity contribution in [3.05, 3.63) is 89.2 Å². The minimum absolute atomic E-state index is 0.0651. The smallest absolute Gasteiger partial charge is 0.295 e. The van der Waals surface area contributed by atoms with Gasteiger partial charge in [-0.2, -0.15) is 8.42 Å². The molecule has 2 heterocycles. The first-order valence-corrected chi connectivity index (χ1v) is 16.4. The molecule has 2 aliphatic heterocycles. The molecule has 1 N–H and O–H groups in total. The van der Waals surface area contributed by atoms with E-state index in [1.807, 2.05) is 0 Å². The molecule has 0 bridgehead atoms. The minimum Gasteiger partial charge on any atom is -0.363 e. The summed E-state index contributed by atoms with van der Waals surface area (Å²) in [5, 5.41) is 2.53. The maximum Gasteiger partial charge on any atom is 0.295 e. The van der Waals surface area contributed by atoms with Gasteiger partial charge in [0.2, 0.25) is 5.91 Å². The molecule has 13 heteroatoms. The summed E-state index contributed by atoms with van der Waals surface area (Å²) in [5.74, 6) is -1.32. The van der Waals surface area contributed by atoms with E-state index in [-0.39, 0.29) is 39.4 Å². The third-order valence-corrected chi connectivity index (χ3v) is 9.62. The molecule has 2 fully saturated rings. The fourth-order valence-corrected chi connectivity index (χ4v) is 6.63. The maximum atomic E-state index is 13.6. The molecular formula is C31H35ClFN5O5S. The van der Waals surface area contributed by atoms with Crippen molar-refractivity contribution in [2.24, 2.45) is 0 Å². The van der Waals surface area contributed by atoms with Crippen molar-refractivity contribution in [2.75, 3.05) is 63.4 Å². The Morgan fingerprint density at radius 3 is 2.14 bits per heavy atom. The van der Waals surface area contributed by atoms with Crippen LogP contribution in [-0.2, 0) is 14.8 Å². The van der Waals surface area contributed by atoms with Crippen LogP contribution in [0.1, 0.15) is 23.2 Å². The third kappa shape index (κ3) is 7.86. The first-order valence-electron chi connectivity index (χ1n) is 14.5. The summed E-state index contributed by atoms with van der Waals surface area (Å²) < 4.78 is 41.5. The number of nitrogens with one attached hydrogen (secondary N) is 1. The molecule has 44 heavy (non-hydrogen) atoms. The number of sulfonamides is 1. The van der Waals surface area contributed by atoms with Gasteiger partial charge in [-0.05, 0) is 80.5 Å². The van der Waals surface area contributed by atoms with Gasteiger partial charge in [0.25, 0.3) is 15.9 Å². The topological polar surface area (TPSA) is 102 Å². The van der Waals surface area contributed by atoms with E-state index in [4.69, 9.17) is 16.4 Å². The van der Waals surface area contributed by atoms with Crippen LogP contribution in [0.25, 0.3) is 0 Å². The van der Waals surface area contributed by atoms with Gasteiger partial charge in [0, 0.05) is 44.8 Å². The molecule has 0 radical (unpaired) electrons. The molecule has 2 aliphatic rings. The molecule has 0 saturated carbocycles. The van der Waals surface area contributed by atoms with E-state index in [9.17, 15) is 22.4 Å². The lowest BCUT2D eigenvalue weighted by molar-refractivity contribution is -0.131. The highest BCUT2D eigenvalue weighted by atomic mass is 35.5. The number of nitrogens with zero attached hydrogens (tertiary/aromatic N) is 4. The van der Waals surface area contributed by atoms with Crippen LogP contribution in [0, 0.1) is 5.82 Å². The van der Waals surface area contributed by atoms with Crippen molar-refractivity contribution < 1.29 is 27.2 Å². The molecule has 0 aromatic heterocycles. The number of benzene rings is 3. The summed E-state index contributed by atoms with van der Waals surface area (Å²) in [4.78, 5) is 37.7. The van der Waals surface area contributed by atoms with Gasteiger partial charge < -0.3 is 20.0 Å². The Kier molecular flexibility index (Phi) is 10.4. The first-order chi connectivity index (χ1) is 21.2. The summed E-state index contributed by atoms with van der Waals surface area (Å²) in [7, 11) is -4.32. The van der Waals surface area contributed by atoms with Gasteiger partial charge in [-0.3, -0.25) is 14.5 Å². The number of hydrogen-bond acceptors (Lipinski definition) is 7. The van der Waals surface area contributed by atoms with E-state index in [0.29, 0.717) is 17.6 Å². The van der Waals surface area contributed by atoms with Crippen LogP contribution in [-0.4, -0.2) is 93.8 Å². The zero-order valence-electron chi connectivity index (χ0n) is 24.2. The van der Waals surface area contributed by atoms with Gasteiger partial charge in [-0.1, -0.05) is 34.3 Å². The molecule has 2 amide bonds. The van der Waals surface area contributed by atoms with E-state index in [1.165, 1.54) is 68.4 Å². The van der Waals surface area contributed by atoms with Gasteiger partial charge >= 0.3 is 0 Å². The number of amides is 2. The van der Waals surface area contributed by atoms with E-state index in [0.717, 1.165) is 38.3 Å². The number of rotatable bonds is 11. The zero-order valence-corrected chi connectivity index (χ0v) is 25.8. The standard InChI is InChI=1S/C31H35ClFN5O5S/c32-28-22-25(33)10-13-29(28)43-38(26-6-2-1-3-7-26)44(41,42)27-11-8-24(9-12-27)31(40)34-23-30(39)37-20-18-36(19-21-37)17-16-35-14-4-5-15-35/h1-3,6-13,22H,4-5,14-21,23H2,(H,34,40). The summed E-state index contributed by atoms with van der Waals surface area (Å²) in [6, 6.07) is 16.7. The quantitative estimate of drug-likeness (QED) is 0.319. The maximum absolute atomic E-state index is 13.6. The van der Waals surface area contributed by atoms with Crippen molar-refractivity contribution in [3.63, 3.8) is 0 Å². The van der Waals surface area contributed by atoms with Crippen LogP contribution in [0.2, 0.25) is 5.02 Å². The summed E-state index contributed by atoms with van der Waals surface area (Å²) in [6.07, 6.45) is 2.54. The predicted octanol–water partition coefficient (Wildman–Crippen LogP) is 3.64. The van der Waals surface area contributed by atoms with Gasteiger partial charge in [0.1, 0.15) is 5.82 Å². The number of carbonyl (C=O) groups is 2. The van der Waals surface area contributed by atoms with Crippen molar-refractivity contribution in [1.82, 2.24) is 20.0 Å². The SMILES string of the molecule is O=C(NCC(=O)N1CCN(CCN2CCCC2)CC1)c1ccc(S(=O)(=O)N(Oc2ccc(F)cc2Cl)c2ccccc2)cc1. The number of hydrogen-bond donors (Lipinski definition) is 1. The number of para-hydroxylation sites is 1. The average molecular weight is 644 g/mol. The average Bonchev–Trinajstić information content (AvgIpc) is 3.56. The van der Waals surface area contributed by atoms with Gasteiger partial charge in [0.05, 0.1) is 22.2 Å². The second-order valence-corrected chi connectivity index (χ2v) is 12.9. The Morgan fingerprint density at radius 1 is 0.864 bits per heavy atom. The lowest BCUT2D eigenvalue weighted by Crippen LogP contribution is -2.52. The summed E-state index contributed by atoms with van der Waals surface area (Å²) in [5.41, 5.74) is 0.373. The first kappa shape index (κ1) is 31.7. The van der Waals surface area contributed by atoms with Gasteiger partial charge in [0.15, 0.2) is 5.75 Å². The van der Waals surface area contributed by atoms with E-state index in [1.54, 1.807) is 23.1 Å². The molecule has 0 unspecified atom stereocenters. The number of piperazine rings is 1. The van der Waals surface area contributed by atoms with Crippen LogP contribution in [0.4, 0.5) is 10.1 Å². The van der Waals surface area contributed by atoms with Crippen LogP contribution in [0.5, 0.6) is 5.75 Å². The molecule has 0 spiro atoms. The molecule has 3 aromatic rings. The van der Waals surface area contributed by atoms with Crippen LogP contribution in [0.15, 0.2) is 77.7 Å². The molecule has 0 aliphatic carbocycles. The predicted molar refractivity (Wildman–Crippen MR) is 166 cm³/mol. The Labute approximate surface area is 261 Å². The second-order valence-electron chi connectivity index (χ2n) is 10.7. The summed E-state index contributed by atoms with van der Waals surface area (Å²) in [6.45, 7) is 7.09. The van der Waals surface area contributed by atoms with Crippen molar-refractivity contribution >= 4 is 39.1 Å². The minimum atomic E-state index is -4.32. The molecule has 5 rings (SSSR count). The normalized spacial score (nSPS) is 16.1. The highest BCUT2D eigenvalue weighted by Crippen LogP contribution is 2.31. The molecular weight excluding hydrogens is 609 g/mol. The van der Waals surface area contributed by atoms with Crippen molar-refractivity contribution in [2.45, 2.75) is 17.7 Å². The number of anilines is 1. The molecule has 0 atom stereocenters. The van der Waals surface area contributed by atoms with E-state index >= 15 is 0 Å². The lowest BCUT2D eigenvalue weighted by Gasteiger charge is -2.35. The van der Waals surface area contributed by atoms with E-state index < -0.39 is 21.7 Å². The van der Waals surface area contributed by atoms with Crippen LogP contribution in [0.3, 0.4) is 0 Å². The van der Waals surface area contributed by atoms with Crippen LogP contribution >= 0.6 is 11.6 Å². The fraction of sp³-hybridized carbons (Fsp3) is 0.355. The van der Waals surface area contributed by atoms with Gasteiger partial charge in [-0.25, -0.2) is 4.39 Å². The molecule has 10 nitrogen and oxygen atoms in total. The Hall–Kier alpha value is -3.71. The van der Waals surface area contributed by atoms with Crippen molar-refractivity contribution in [1.29, 1.82) is 0 Å². The second kappa shape index (κ2) is 14.4. The van der Waals surface area contributed by atoms with Crippen LogP contribution < -0.4 is 14.6 Å². The largest absolute Gasteiger partial charge is 0.363 e. The Bertz CT molecular complexity index is 1550. The Morgan fingerprint density at radius 2 is 1.50 bits per heavy atom. The highest BCUT2D eigenvalue weighted by molar-refractivity contribution is 7.92. The number of halogens is 2. The molecule has 3 aromatic carbocycles. The zero-order chi connectivity index (χ0) is 31.1. The van der Waals surface area contributed by atoms with Gasteiger partial charge in [-0.15, -0.1) is 0 Å². The fourth-order valence-electron chi connectivity index (χ4n) is 5.18. The number of likely N-dealkylation sites (tertiary alicyclic amines) is 1. The molecule has 2 saturated heterocycles. The Balaban J connectivity index is 1.17. The lowest BCUT2D eigenvalue weighted by atomic mass is 10.2. The van der Waals surface area contributed by atoms with E-state index in [2.05, 4.69) is 15.1 Å². The van der Waals surface area contributed by atoms with Crippen molar-refractivity contribution in [3.8, 4) is 5.75 Å². The molecule has 234 valence electrons. The third-order valence-electron chi connectivity index (χ3n) is 7.73. The highest BCUT2D eigenvalue weighted by Gasteiger charge is 2.29. The monoisotopic (exact) mass is 643 g/mol. The number of carbonyl (C=O) groups excluding carboxylic acids is 2. The summed E-state index contributed by atoms with van der Waals surface area (Å²) >= 11 is 6.09.